The molecule has 39 heavy (non-hydrogen) atoms. The molecule has 3 aliphatic rings. The number of nitrogens with one attached hydrogen (secondary N) is 1. The second-order valence-electron chi connectivity index (χ2n) is 9.12. The van der Waals surface area contributed by atoms with Gasteiger partial charge in [0.1, 0.15) is 5.75 Å². The molecule has 0 radical (unpaired) electrons. The Balaban J connectivity index is 0.000000319. The van der Waals surface area contributed by atoms with Gasteiger partial charge in [-0.3, -0.25) is 34.0 Å². The van der Waals surface area contributed by atoms with E-state index in [1.807, 2.05) is 13.8 Å². The lowest BCUT2D eigenvalue weighted by Gasteiger charge is -2.29. The first-order valence-electron chi connectivity index (χ1n) is 12.1. The van der Waals surface area contributed by atoms with Crippen molar-refractivity contribution < 1.29 is 43.4 Å². The number of carboxylic acid groups (broad SMARTS) is 1. The van der Waals surface area contributed by atoms with E-state index in [0.717, 1.165) is 12.8 Å². The molecule has 13 nitrogen and oxygen atoms in total. The molecule has 2 aliphatic heterocycles. The van der Waals surface area contributed by atoms with E-state index in [1.165, 1.54) is 9.80 Å². The van der Waals surface area contributed by atoms with Gasteiger partial charge in [0, 0.05) is 11.1 Å². The van der Waals surface area contributed by atoms with Gasteiger partial charge in [-0.15, -0.1) is 6.42 Å². The fourth-order valence-electron chi connectivity index (χ4n) is 3.88. The number of fused-ring (bicyclic) bond motifs is 1. The molecule has 0 fully saturated rings. The summed E-state index contributed by atoms with van der Waals surface area (Å²) in [5.41, 5.74) is 7.28. The van der Waals surface area contributed by atoms with E-state index in [-0.39, 0.29) is 30.9 Å². The van der Waals surface area contributed by atoms with Crippen LogP contribution in [0.4, 0.5) is 11.4 Å². The minimum atomic E-state index is -4.10. The highest BCUT2D eigenvalue weighted by atomic mass is 31.2. The molecule has 0 saturated carbocycles. The molecule has 0 atom stereocenters. The molecule has 0 unspecified atom stereocenters. The summed E-state index contributed by atoms with van der Waals surface area (Å²) in [6.07, 6.45) is 7.89. The Morgan fingerprint density at radius 2 is 1.74 bits per heavy atom. The number of nitrogens with two attached hydrogens (primary N) is 1. The molecule has 14 heteroatoms. The molecule has 1 aliphatic carbocycles. The zero-order valence-electron chi connectivity index (χ0n) is 21.8. The molecule has 2 heterocycles. The van der Waals surface area contributed by atoms with Crippen LogP contribution >= 0.6 is 7.60 Å². The minimum Gasteiger partial charge on any atom is -0.482 e. The van der Waals surface area contributed by atoms with Gasteiger partial charge in [-0.25, -0.2) is 4.90 Å². The Labute approximate surface area is 226 Å². The normalized spacial score (nSPS) is 16.4. The van der Waals surface area contributed by atoms with Crippen molar-refractivity contribution in [3.63, 3.8) is 0 Å². The highest BCUT2D eigenvalue weighted by Gasteiger charge is 2.40. The van der Waals surface area contributed by atoms with E-state index in [1.54, 1.807) is 18.2 Å². The number of anilines is 2. The van der Waals surface area contributed by atoms with E-state index < -0.39 is 26.4 Å². The number of rotatable bonds is 6. The molecule has 6 N–H and O–H groups in total. The predicted octanol–water partition coefficient (Wildman–Crippen LogP) is 0.938. The first kappa shape index (κ1) is 31.7. The Hall–Kier alpha value is -3.53. The molecule has 212 valence electrons. The number of hydrogen-bond acceptors (Lipinski definition) is 8. The van der Waals surface area contributed by atoms with Gasteiger partial charge in [-0.2, -0.15) is 0 Å². The van der Waals surface area contributed by atoms with Crippen LogP contribution < -0.4 is 25.6 Å². The van der Waals surface area contributed by atoms with Crippen LogP contribution in [-0.2, 0) is 23.7 Å². The van der Waals surface area contributed by atoms with Crippen molar-refractivity contribution in [1.29, 1.82) is 0 Å². The zero-order valence-corrected chi connectivity index (χ0v) is 22.6. The maximum absolute atomic E-state index is 12.7. The monoisotopic (exact) mass is 564 g/mol. The molecule has 0 spiro atoms. The number of aliphatic carboxylic acids is 1. The van der Waals surface area contributed by atoms with E-state index in [2.05, 4.69) is 11.2 Å². The molecule has 0 aromatic heterocycles. The predicted molar refractivity (Wildman–Crippen MR) is 143 cm³/mol. The van der Waals surface area contributed by atoms with Crippen molar-refractivity contribution >= 4 is 42.7 Å². The topological polar surface area (TPSA) is 200 Å². The summed E-state index contributed by atoms with van der Waals surface area (Å²) >= 11 is 0. The van der Waals surface area contributed by atoms with Crippen LogP contribution in [0.25, 0.3) is 0 Å². The summed E-state index contributed by atoms with van der Waals surface area (Å²) in [6.45, 7) is 3.48. The van der Waals surface area contributed by atoms with Gasteiger partial charge in [-0.05, 0) is 49.9 Å². The Kier molecular flexibility index (Phi) is 11.4. The minimum absolute atomic E-state index is 0.0779. The Bertz CT molecular complexity index is 1200. The van der Waals surface area contributed by atoms with Crippen molar-refractivity contribution in [2.45, 2.75) is 45.6 Å². The van der Waals surface area contributed by atoms with E-state index in [9.17, 15) is 23.7 Å². The summed E-state index contributed by atoms with van der Waals surface area (Å²) in [5.74, 6) is 1.05. The number of hydrogen-bond donors (Lipinski definition) is 5. The third kappa shape index (κ3) is 9.02. The second kappa shape index (κ2) is 14.0. The van der Waals surface area contributed by atoms with Crippen molar-refractivity contribution in [3.05, 3.63) is 29.3 Å². The van der Waals surface area contributed by atoms with Gasteiger partial charge in [0.25, 0.3) is 17.7 Å². The summed E-state index contributed by atoms with van der Waals surface area (Å²) < 4.78 is 15.5. The lowest BCUT2D eigenvalue weighted by atomic mass is 9.93. The van der Waals surface area contributed by atoms with Crippen LogP contribution in [0, 0.1) is 12.3 Å². The van der Waals surface area contributed by atoms with Crippen molar-refractivity contribution in [1.82, 2.24) is 5.32 Å². The number of benzene rings is 1. The molecule has 4 rings (SSSR count). The lowest BCUT2D eigenvalue weighted by Crippen LogP contribution is -2.39. The number of terminal acetylenes is 1. The van der Waals surface area contributed by atoms with Crippen molar-refractivity contribution in [2.75, 3.05) is 35.8 Å². The fraction of sp³-hybridized carbons (Fsp3) is 0.440. The molecular formula is C25H33N4O9P. The Morgan fingerprint density at radius 3 is 2.23 bits per heavy atom. The molecule has 1 aromatic rings. The number of ether oxygens (including phenoxy) is 1. The first-order valence-corrected chi connectivity index (χ1v) is 13.9. The lowest BCUT2D eigenvalue weighted by molar-refractivity contribution is -0.136. The fourth-order valence-corrected chi connectivity index (χ4v) is 4.28. The highest BCUT2D eigenvalue weighted by molar-refractivity contribution is 7.51. The molecule has 1 aromatic carbocycles. The largest absolute Gasteiger partial charge is 0.482 e. The quantitative estimate of drug-likeness (QED) is 0.187. The molecular weight excluding hydrogens is 531 g/mol. The van der Waals surface area contributed by atoms with Crippen LogP contribution in [0.2, 0.25) is 0 Å². The van der Waals surface area contributed by atoms with Gasteiger partial charge in [0.05, 0.1) is 30.8 Å². The maximum atomic E-state index is 12.7. The number of carboxylic acids is 1. The number of carbonyl (C=O) groups is 4. The first-order chi connectivity index (χ1) is 18.3. The van der Waals surface area contributed by atoms with Crippen molar-refractivity contribution in [3.8, 4) is 18.1 Å². The van der Waals surface area contributed by atoms with Gasteiger partial charge < -0.3 is 25.4 Å². The smallest absolute Gasteiger partial charge is 0.339 e. The van der Waals surface area contributed by atoms with Gasteiger partial charge in [0.2, 0.25) is 0 Å². The van der Waals surface area contributed by atoms with Crippen molar-refractivity contribution in [2.24, 2.45) is 5.73 Å². The van der Waals surface area contributed by atoms with Gasteiger partial charge >= 0.3 is 13.6 Å². The molecule has 0 saturated heterocycles. The average Bonchev–Trinajstić information content (AvgIpc) is 3.10. The third-order valence-corrected chi connectivity index (χ3v) is 6.01. The number of amides is 3. The molecule has 0 bridgehead atoms. The summed E-state index contributed by atoms with van der Waals surface area (Å²) in [7, 11) is -4.10. The maximum Gasteiger partial charge on any atom is 0.339 e. The highest BCUT2D eigenvalue weighted by Crippen LogP contribution is 2.40. The number of imide groups is 1. The molecule has 3 amide bonds. The van der Waals surface area contributed by atoms with Crippen LogP contribution in [-0.4, -0.2) is 70.6 Å². The zero-order chi connectivity index (χ0) is 29.3. The van der Waals surface area contributed by atoms with Gasteiger partial charge in [-0.1, -0.05) is 19.8 Å². The van der Waals surface area contributed by atoms with Crippen LogP contribution in [0.1, 0.15) is 39.5 Å². The summed E-state index contributed by atoms with van der Waals surface area (Å²) in [5, 5.41) is 10.1. The van der Waals surface area contributed by atoms with E-state index in [0.29, 0.717) is 47.2 Å². The Morgan fingerprint density at radius 1 is 1.18 bits per heavy atom. The number of nitrogens with zero attached hydrogens (tertiary/aromatic N) is 2. The van der Waals surface area contributed by atoms with Crippen LogP contribution in [0.3, 0.4) is 0 Å². The summed E-state index contributed by atoms with van der Waals surface area (Å²) in [6, 6.07) is 5.29. The van der Waals surface area contributed by atoms with E-state index in [4.69, 9.17) is 31.8 Å². The second-order valence-corrected chi connectivity index (χ2v) is 10.8. The van der Waals surface area contributed by atoms with E-state index >= 15 is 0 Å². The summed E-state index contributed by atoms with van der Waals surface area (Å²) in [4.78, 5) is 66.2. The van der Waals surface area contributed by atoms with Gasteiger partial charge in [0.15, 0.2) is 6.61 Å². The van der Waals surface area contributed by atoms with Crippen LogP contribution in [0.5, 0.6) is 5.75 Å². The number of carbonyl (C=O) groups excluding carboxylic acids is 3. The van der Waals surface area contributed by atoms with Crippen LogP contribution in [0.15, 0.2) is 29.3 Å². The third-order valence-electron chi connectivity index (χ3n) is 5.38. The average molecular weight is 565 g/mol. The standard InChI is InChI=1S/C19H16N2O4.C3H8NO5P.C3H9N/c1-2-9-20-15-10-12(7-8-16(15)25-11-17(20)22)21-18(23)13-5-3-4-6-14(13)19(21)24;5-3(6)1-4-2-10(7,8)9;1-3(2)4/h1,7-8,10H,3-6,9,11H2;4H,1-2H2,(H,5,6)(H2,7,8,9);3H,4H2,1-2H3. The SMILES string of the molecule is C#CCN1C(=O)COc2ccc(N3C(=O)C4=C(CCCC4)C3=O)cc21.CC(C)N.O=C(O)CNCP(=O)(O)O.